The molecule has 2 saturated carbocycles. The Morgan fingerprint density at radius 1 is 1.09 bits per heavy atom. The fourth-order valence-corrected chi connectivity index (χ4v) is 5.95. The van der Waals surface area contributed by atoms with Gasteiger partial charge in [-0.25, -0.2) is 4.89 Å². The van der Waals surface area contributed by atoms with Gasteiger partial charge < -0.3 is 4.74 Å². The van der Waals surface area contributed by atoms with Gasteiger partial charge in [-0.1, -0.05) is 32.0 Å². The number of hydrogen-bond donors (Lipinski definition) is 0. The van der Waals surface area contributed by atoms with Gasteiger partial charge in [0.2, 0.25) is 0 Å². The summed E-state index contributed by atoms with van der Waals surface area (Å²) in [6.07, 6.45) is 3.55. The average molecular weight is 300 g/mol. The summed E-state index contributed by atoms with van der Waals surface area (Å²) in [6.45, 7) is 9.85. The lowest BCUT2D eigenvalue weighted by Crippen LogP contribution is -2.67. The summed E-state index contributed by atoms with van der Waals surface area (Å²) in [6, 6.07) is 6.55. The predicted molar refractivity (Wildman–Crippen MR) is 82.0 cm³/mol. The molecule has 3 heteroatoms. The molecule has 0 aromatic heterocycles. The molecule has 0 N–H and O–H groups in total. The highest BCUT2D eigenvalue weighted by atomic mass is 17.3. The van der Waals surface area contributed by atoms with Crippen molar-refractivity contribution < 1.29 is 14.5 Å². The first kappa shape index (κ1) is 13.5. The Kier molecular flexibility index (Phi) is 2.22. The molecule has 3 nitrogen and oxygen atoms in total. The molecule has 2 bridgehead atoms. The van der Waals surface area contributed by atoms with Crippen molar-refractivity contribution in [3.63, 3.8) is 0 Å². The number of fused-ring (bicyclic) bond motifs is 1. The molecular formula is C19H24O3. The summed E-state index contributed by atoms with van der Waals surface area (Å²) in [4.78, 5) is 11.7. The minimum atomic E-state index is -0.683. The number of aryl methyl sites for hydroxylation is 2. The molecular weight excluding hydrogens is 276 g/mol. The summed E-state index contributed by atoms with van der Waals surface area (Å²) in [7, 11) is 0. The van der Waals surface area contributed by atoms with Gasteiger partial charge in [-0.2, -0.15) is 4.89 Å². The van der Waals surface area contributed by atoms with Crippen LogP contribution in [-0.4, -0.2) is 12.2 Å². The van der Waals surface area contributed by atoms with Gasteiger partial charge in [0.15, 0.2) is 5.60 Å². The maximum atomic E-state index is 6.39. The van der Waals surface area contributed by atoms with Crippen LogP contribution in [0.15, 0.2) is 18.2 Å². The molecule has 1 aromatic carbocycles. The predicted octanol–water partition coefficient (Wildman–Crippen LogP) is 4.01. The Morgan fingerprint density at radius 2 is 1.91 bits per heavy atom. The summed E-state index contributed by atoms with van der Waals surface area (Å²) in [5, 5.41) is 0. The van der Waals surface area contributed by atoms with Crippen molar-refractivity contribution in [1.29, 1.82) is 0 Å². The zero-order valence-electron chi connectivity index (χ0n) is 13.9. The first-order valence-corrected chi connectivity index (χ1v) is 8.47. The Bertz CT molecular complexity index is 681. The normalized spacial score (nSPS) is 47.2. The van der Waals surface area contributed by atoms with Gasteiger partial charge in [0.05, 0.1) is 6.61 Å². The van der Waals surface area contributed by atoms with Crippen LogP contribution in [0.4, 0.5) is 0 Å². The van der Waals surface area contributed by atoms with E-state index in [1.54, 1.807) is 0 Å². The summed E-state index contributed by atoms with van der Waals surface area (Å²) in [5.41, 5.74) is 3.79. The maximum absolute atomic E-state index is 6.39. The first-order valence-electron chi connectivity index (χ1n) is 8.47. The van der Waals surface area contributed by atoms with Crippen molar-refractivity contribution in [2.75, 3.05) is 6.61 Å². The molecule has 22 heavy (non-hydrogen) atoms. The number of hydrogen-bond acceptors (Lipinski definition) is 3. The molecule has 0 amide bonds. The zero-order chi connectivity index (χ0) is 15.4. The quantitative estimate of drug-likeness (QED) is 0.733. The van der Waals surface area contributed by atoms with Crippen LogP contribution in [0, 0.1) is 30.6 Å². The van der Waals surface area contributed by atoms with E-state index in [2.05, 4.69) is 45.9 Å². The third-order valence-corrected chi connectivity index (χ3v) is 7.72. The molecule has 2 aliphatic heterocycles. The maximum Gasteiger partial charge on any atom is 0.261 e. The van der Waals surface area contributed by atoms with E-state index in [0.29, 0.717) is 5.92 Å². The van der Waals surface area contributed by atoms with Crippen LogP contribution in [0.2, 0.25) is 0 Å². The van der Waals surface area contributed by atoms with E-state index in [-0.39, 0.29) is 16.4 Å². The van der Waals surface area contributed by atoms with Gasteiger partial charge in [-0.3, -0.25) is 0 Å². The lowest BCUT2D eigenvalue weighted by atomic mass is 9.61. The first-order chi connectivity index (χ1) is 10.4. The molecule has 4 fully saturated rings. The van der Waals surface area contributed by atoms with Gasteiger partial charge in [-0.15, -0.1) is 0 Å². The molecule has 2 heterocycles. The summed E-state index contributed by atoms with van der Waals surface area (Å²) in [5.74, 6) is 0.0315. The lowest BCUT2D eigenvalue weighted by molar-refractivity contribution is -0.611. The zero-order valence-corrected chi connectivity index (χ0v) is 13.9. The van der Waals surface area contributed by atoms with Crippen LogP contribution in [0.5, 0.6) is 0 Å². The van der Waals surface area contributed by atoms with E-state index >= 15 is 0 Å². The minimum absolute atomic E-state index is 0.0989. The van der Waals surface area contributed by atoms with Gasteiger partial charge in [0.1, 0.15) is 0 Å². The largest absolute Gasteiger partial charge is 0.341 e. The molecule has 4 unspecified atom stereocenters. The smallest absolute Gasteiger partial charge is 0.261 e. The van der Waals surface area contributed by atoms with Crippen LogP contribution >= 0.6 is 0 Å². The second-order valence-corrected chi connectivity index (χ2v) is 8.44. The third kappa shape index (κ3) is 1.08. The molecule has 2 saturated heterocycles. The van der Waals surface area contributed by atoms with Crippen LogP contribution in [0.25, 0.3) is 0 Å². The average Bonchev–Trinajstić information content (AvgIpc) is 2.93. The topological polar surface area (TPSA) is 27.7 Å². The van der Waals surface area contributed by atoms with E-state index in [9.17, 15) is 0 Å². The van der Waals surface area contributed by atoms with E-state index in [4.69, 9.17) is 14.5 Å². The second kappa shape index (κ2) is 3.61. The van der Waals surface area contributed by atoms with Gasteiger partial charge >= 0.3 is 0 Å². The second-order valence-electron chi connectivity index (χ2n) is 8.44. The molecule has 5 rings (SSSR count). The van der Waals surface area contributed by atoms with Gasteiger partial charge in [-0.05, 0) is 55.6 Å². The Labute approximate surface area is 131 Å². The highest BCUT2D eigenvalue weighted by molar-refractivity contribution is 5.40. The molecule has 4 atom stereocenters. The van der Waals surface area contributed by atoms with E-state index in [1.165, 1.54) is 24.0 Å². The Hall–Kier alpha value is -0.900. The van der Waals surface area contributed by atoms with E-state index in [1.807, 2.05) is 0 Å². The number of benzene rings is 1. The molecule has 2 aliphatic carbocycles. The van der Waals surface area contributed by atoms with Crippen LogP contribution in [-0.2, 0) is 20.3 Å². The van der Waals surface area contributed by atoms with Crippen molar-refractivity contribution in [3.8, 4) is 0 Å². The number of rotatable bonds is 1. The molecule has 118 valence electrons. The van der Waals surface area contributed by atoms with Crippen molar-refractivity contribution >= 4 is 0 Å². The molecule has 4 aliphatic rings. The highest BCUT2D eigenvalue weighted by Crippen LogP contribution is 2.81. The third-order valence-electron chi connectivity index (χ3n) is 7.72. The SMILES string of the molecule is Cc1ccc(C23OCC45CCC(CC24OO3)C5(C)C)cc1C. The fraction of sp³-hybridized carbons (Fsp3) is 0.684. The molecule has 1 aromatic rings. The van der Waals surface area contributed by atoms with Crippen LogP contribution < -0.4 is 0 Å². The van der Waals surface area contributed by atoms with E-state index in [0.717, 1.165) is 18.6 Å². The Balaban J connectivity index is 1.68. The lowest BCUT2D eigenvalue weighted by Gasteiger charge is -2.56. The van der Waals surface area contributed by atoms with Crippen molar-refractivity contribution in [2.45, 2.75) is 58.3 Å². The van der Waals surface area contributed by atoms with Crippen molar-refractivity contribution in [3.05, 3.63) is 34.9 Å². The summed E-state index contributed by atoms with van der Waals surface area (Å²) >= 11 is 0. The minimum Gasteiger partial charge on any atom is -0.341 e. The highest BCUT2D eigenvalue weighted by Gasteiger charge is 2.88. The fourth-order valence-electron chi connectivity index (χ4n) is 5.95. The van der Waals surface area contributed by atoms with Crippen LogP contribution in [0.1, 0.15) is 49.8 Å². The monoisotopic (exact) mass is 300 g/mol. The summed E-state index contributed by atoms with van der Waals surface area (Å²) < 4.78 is 6.39. The molecule has 2 spiro atoms. The van der Waals surface area contributed by atoms with Gasteiger partial charge in [0.25, 0.3) is 5.79 Å². The van der Waals surface area contributed by atoms with E-state index < -0.39 is 5.79 Å². The van der Waals surface area contributed by atoms with Crippen LogP contribution in [0.3, 0.4) is 0 Å². The standard InChI is InChI=1S/C19H24O3/c1-12-5-6-14(9-13(12)2)19-18(21-22-19)10-15-7-8-17(18,11-20-19)16(15,3)4/h5-6,9,15H,7-8,10-11H2,1-4H3. The van der Waals surface area contributed by atoms with Crippen molar-refractivity contribution in [1.82, 2.24) is 0 Å². The Morgan fingerprint density at radius 3 is 2.55 bits per heavy atom. The van der Waals surface area contributed by atoms with Crippen molar-refractivity contribution in [2.24, 2.45) is 16.7 Å². The number of ether oxygens (including phenoxy) is 1. The molecule has 0 radical (unpaired) electrons. The van der Waals surface area contributed by atoms with Gasteiger partial charge in [0, 0.05) is 11.0 Å².